The molecule has 27 heavy (non-hydrogen) atoms. The summed E-state index contributed by atoms with van der Waals surface area (Å²) in [7, 11) is 3.08. The van der Waals surface area contributed by atoms with Crippen LogP contribution in [0.4, 0.5) is 5.69 Å². The number of methoxy groups -OCH3 is 2. The van der Waals surface area contributed by atoms with Gasteiger partial charge in [-0.15, -0.1) is 0 Å². The van der Waals surface area contributed by atoms with Gasteiger partial charge in [-0.1, -0.05) is 30.3 Å². The van der Waals surface area contributed by atoms with E-state index in [1.165, 1.54) is 13.2 Å². The maximum Gasteiger partial charge on any atom is 0.246 e. The molecule has 1 unspecified atom stereocenters. The van der Waals surface area contributed by atoms with Crippen molar-refractivity contribution < 1.29 is 19.1 Å². The lowest BCUT2D eigenvalue weighted by molar-refractivity contribution is -0.123. The van der Waals surface area contributed by atoms with Crippen LogP contribution in [-0.2, 0) is 9.59 Å². The van der Waals surface area contributed by atoms with E-state index in [0.29, 0.717) is 17.2 Å². The van der Waals surface area contributed by atoms with Gasteiger partial charge in [-0.05, 0) is 37.1 Å². The zero-order valence-corrected chi connectivity index (χ0v) is 15.9. The highest BCUT2D eigenvalue weighted by Crippen LogP contribution is 2.32. The summed E-state index contributed by atoms with van der Waals surface area (Å²) in [5.74, 6) is 0.429. The molecular weight excluding hydrogens is 344 g/mol. The predicted octanol–water partition coefficient (Wildman–Crippen LogP) is 3.17. The summed E-state index contributed by atoms with van der Waals surface area (Å²) >= 11 is 0. The minimum atomic E-state index is -0.703. The van der Waals surface area contributed by atoms with Crippen molar-refractivity contribution in [2.75, 3.05) is 19.5 Å². The standard InChI is InChI=1S/C21H24N2O4/c1-14-12-18(26-3)19(27-4)13-17(14)23-21(25)15(2)22-20(24)11-10-16-8-6-5-7-9-16/h5-13,15H,1-4H3,(H,22,24)(H,23,25)/b11-10+. The van der Waals surface area contributed by atoms with Crippen LogP contribution in [0.15, 0.2) is 48.5 Å². The fourth-order valence-corrected chi connectivity index (χ4v) is 2.42. The Balaban J connectivity index is 1.99. The zero-order chi connectivity index (χ0) is 19.8. The molecule has 2 aromatic rings. The van der Waals surface area contributed by atoms with Crippen LogP contribution in [0.5, 0.6) is 11.5 Å². The number of rotatable bonds is 7. The van der Waals surface area contributed by atoms with Gasteiger partial charge in [-0.2, -0.15) is 0 Å². The summed E-state index contributed by atoms with van der Waals surface area (Å²) < 4.78 is 10.5. The smallest absolute Gasteiger partial charge is 0.246 e. The lowest BCUT2D eigenvalue weighted by Gasteiger charge is -2.16. The quantitative estimate of drug-likeness (QED) is 0.736. The summed E-state index contributed by atoms with van der Waals surface area (Å²) in [6.07, 6.45) is 3.10. The van der Waals surface area contributed by atoms with Crippen molar-refractivity contribution >= 4 is 23.6 Å². The van der Waals surface area contributed by atoms with Gasteiger partial charge >= 0.3 is 0 Å². The molecule has 0 spiro atoms. The minimum Gasteiger partial charge on any atom is -0.493 e. The van der Waals surface area contributed by atoms with Gasteiger partial charge < -0.3 is 20.1 Å². The van der Waals surface area contributed by atoms with Gasteiger partial charge in [0.15, 0.2) is 11.5 Å². The van der Waals surface area contributed by atoms with E-state index in [4.69, 9.17) is 9.47 Å². The van der Waals surface area contributed by atoms with Gasteiger partial charge in [0, 0.05) is 17.8 Å². The Morgan fingerprint density at radius 3 is 2.30 bits per heavy atom. The Morgan fingerprint density at radius 1 is 1.04 bits per heavy atom. The molecule has 2 amide bonds. The van der Waals surface area contributed by atoms with Crippen LogP contribution < -0.4 is 20.1 Å². The van der Waals surface area contributed by atoms with Gasteiger partial charge in [0.1, 0.15) is 6.04 Å². The first kappa shape index (κ1) is 20.0. The lowest BCUT2D eigenvalue weighted by atomic mass is 10.1. The van der Waals surface area contributed by atoms with Crippen LogP contribution in [0.3, 0.4) is 0 Å². The van der Waals surface area contributed by atoms with Crippen molar-refractivity contribution in [1.82, 2.24) is 5.32 Å². The van der Waals surface area contributed by atoms with Gasteiger partial charge in [0.05, 0.1) is 14.2 Å². The predicted molar refractivity (Wildman–Crippen MR) is 106 cm³/mol. The third-order valence-corrected chi connectivity index (χ3v) is 3.97. The van der Waals surface area contributed by atoms with Crippen LogP contribution in [0.25, 0.3) is 6.08 Å². The number of carbonyl (C=O) groups is 2. The molecule has 6 nitrogen and oxygen atoms in total. The zero-order valence-electron chi connectivity index (χ0n) is 15.9. The molecule has 0 heterocycles. The van der Waals surface area contributed by atoms with E-state index in [2.05, 4.69) is 10.6 Å². The molecule has 2 rings (SSSR count). The summed E-state index contributed by atoms with van der Waals surface area (Å²) in [5, 5.41) is 5.45. The van der Waals surface area contributed by atoms with E-state index < -0.39 is 6.04 Å². The molecule has 142 valence electrons. The van der Waals surface area contributed by atoms with Crippen LogP contribution in [0, 0.1) is 6.92 Å². The van der Waals surface area contributed by atoms with Crippen LogP contribution in [0.1, 0.15) is 18.1 Å². The van der Waals surface area contributed by atoms with Crippen molar-refractivity contribution in [3.63, 3.8) is 0 Å². The Morgan fingerprint density at radius 2 is 1.67 bits per heavy atom. The van der Waals surface area contributed by atoms with E-state index in [1.807, 2.05) is 37.3 Å². The van der Waals surface area contributed by atoms with Gasteiger partial charge in [0.2, 0.25) is 11.8 Å². The molecule has 0 aromatic heterocycles. The number of carbonyl (C=O) groups excluding carboxylic acids is 2. The minimum absolute atomic E-state index is 0.327. The second kappa shape index (κ2) is 9.43. The molecule has 0 saturated carbocycles. The molecule has 6 heteroatoms. The molecule has 0 aliphatic carbocycles. The third-order valence-electron chi connectivity index (χ3n) is 3.97. The molecule has 1 atom stereocenters. The number of aryl methyl sites for hydroxylation is 1. The Labute approximate surface area is 159 Å². The van der Waals surface area contributed by atoms with Crippen LogP contribution in [0.2, 0.25) is 0 Å². The van der Waals surface area contributed by atoms with E-state index in [1.54, 1.807) is 32.2 Å². The second-order valence-electron chi connectivity index (χ2n) is 5.99. The molecule has 0 saturated heterocycles. The SMILES string of the molecule is COc1cc(C)c(NC(=O)C(C)NC(=O)/C=C/c2ccccc2)cc1OC. The van der Waals surface area contributed by atoms with E-state index in [9.17, 15) is 9.59 Å². The van der Waals surface area contributed by atoms with Crippen LogP contribution in [-0.4, -0.2) is 32.1 Å². The first-order chi connectivity index (χ1) is 12.9. The highest BCUT2D eigenvalue weighted by atomic mass is 16.5. The van der Waals surface area contributed by atoms with Crippen molar-refractivity contribution in [2.45, 2.75) is 19.9 Å². The van der Waals surface area contributed by atoms with E-state index >= 15 is 0 Å². The highest BCUT2D eigenvalue weighted by molar-refractivity contribution is 6.00. The largest absolute Gasteiger partial charge is 0.493 e. The number of hydrogen-bond donors (Lipinski definition) is 2. The molecule has 0 bridgehead atoms. The number of hydrogen-bond acceptors (Lipinski definition) is 4. The maximum absolute atomic E-state index is 12.4. The molecule has 0 radical (unpaired) electrons. The van der Waals surface area contributed by atoms with Crippen molar-refractivity contribution in [2.24, 2.45) is 0 Å². The third kappa shape index (κ3) is 5.60. The summed E-state index contributed by atoms with van der Waals surface area (Å²) in [4.78, 5) is 24.4. The summed E-state index contributed by atoms with van der Waals surface area (Å²) in [6, 6.07) is 12.2. The summed E-state index contributed by atoms with van der Waals surface area (Å²) in [6.45, 7) is 3.48. The number of amides is 2. The fraction of sp³-hybridized carbons (Fsp3) is 0.238. The molecule has 0 fully saturated rings. The van der Waals surface area contributed by atoms with E-state index in [-0.39, 0.29) is 11.8 Å². The van der Waals surface area contributed by atoms with Gasteiger partial charge in [-0.3, -0.25) is 9.59 Å². The van der Waals surface area contributed by atoms with Crippen molar-refractivity contribution in [1.29, 1.82) is 0 Å². The molecule has 0 aliphatic rings. The van der Waals surface area contributed by atoms with E-state index in [0.717, 1.165) is 11.1 Å². The monoisotopic (exact) mass is 368 g/mol. The Bertz CT molecular complexity index is 832. The normalized spacial score (nSPS) is 11.7. The fourth-order valence-electron chi connectivity index (χ4n) is 2.42. The van der Waals surface area contributed by atoms with Gasteiger partial charge in [0.25, 0.3) is 0 Å². The first-order valence-corrected chi connectivity index (χ1v) is 8.51. The number of nitrogens with one attached hydrogen (secondary N) is 2. The summed E-state index contributed by atoms with van der Waals surface area (Å²) in [5.41, 5.74) is 2.33. The molecular formula is C21H24N2O4. The van der Waals surface area contributed by atoms with Gasteiger partial charge in [-0.25, -0.2) is 0 Å². The topological polar surface area (TPSA) is 76.7 Å². The molecule has 0 aliphatic heterocycles. The Hall–Kier alpha value is -3.28. The number of benzene rings is 2. The molecule has 2 N–H and O–H groups in total. The average molecular weight is 368 g/mol. The lowest BCUT2D eigenvalue weighted by Crippen LogP contribution is -2.41. The number of anilines is 1. The highest BCUT2D eigenvalue weighted by Gasteiger charge is 2.17. The number of ether oxygens (including phenoxy) is 2. The maximum atomic E-state index is 12.4. The first-order valence-electron chi connectivity index (χ1n) is 8.51. The molecule has 2 aromatic carbocycles. The average Bonchev–Trinajstić information content (AvgIpc) is 2.68. The van der Waals surface area contributed by atoms with Crippen molar-refractivity contribution in [3.8, 4) is 11.5 Å². The Kier molecular flexibility index (Phi) is 7.00. The second-order valence-corrected chi connectivity index (χ2v) is 5.99. The van der Waals surface area contributed by atoms with Crippen LogP contribution >= 0.6 is 0 Å². The van der Waals surface area contributed by atoms with Crippen molar-refractivity contribution in [3.05, 3.63) is 59.7 Å².